The van der Waals surface area contributed by atoms with Crippen LogP contribution in [0.25, 0.3) is 10.9 Å². The molecule has 0 fully saturated rings. The Morgan fingerprint density at radius 3 is 2.90 bits per heavy atom. The number of carbonyl (C=O) groups excluding carboxylic acids is 1. The third kappa shape index (κ3) is 3.25. The molecule has 3 aromatic rings. The number of carbonyl (C=O) groups is 1. The van der Waals surface area contributed by atoms with Crippen LogP contribution in [0.2, 0.25) is 0 Å². The molecule has 3 heterocycles. The van der Waals surface area contributed by atoms with Gasteiger partial charge in [0.1, 0.15) is 17.7 Å². The van der Waals surface area contributed by atoms with E-state index in [0.717, 1.165) is 24.5 Å². The predicted molar refractivity (Wildman–Crippen MR) is 109 cm³/mol. The van der Waals surface area contributed by atoms with Crippen LogP contribution in [0, 0.1) is 24.0 Å². The second-order valence-electron chi connectivity index (χ2n) is 7.49. The summed E-state index contributed by atoms with van der Waals surface area (Å²) in [7, 11) is 1.77. The van der Waals surface area contributed by atoms with Crippen molar-refractivity contribution in [1.82, 2.24) is 25.0 Å². The van der Waals surface area contributed by atoms with Crippen LogP contribution < -0.4 is 5.32 Å². The van der Waals surface area contributed by atoms with Crippen LogP contribution in [0.5, 0.6) is 0 Å². The van der Waals surface area contributed by atoms with E-state index in [-0.39, 0.29) is 5.52 Å². The number of halogens is 2. The van der Waals surface area contributed by atoms with Crippen LogP contribution in [-0.4, -0.2) is 38.3 Å². The van der Waals surface area contributed by atoms with Crippen LogP contribution in [0.4, 0.5) is 8.78 Å². The zero-order valence-electron chi connectivity index (χ0n) is 16.9. The van der Waals surface area contributed by atoms with Crippen molar-refractivity contribution in [3.8, 4) is 12.3 Å². The zero-order chi connectivity index (χ0) is 21.4. The molecule has 0 spiro atoms. The number of nitrogens with one attached hydrogen (secondary N) is 2. The Bertz CT molecular complexity index is 1140. The van der Waals surface area contributed by atoms with Gasteiger partial charge in [-0.05, 0) is 36.6 Å². The van der Waals surface area contributed by atoms with Crippen molar-refractivity contribution >= 4 is 16.8 Å². The minimum absolute atomic E-state index is 0.218. The molecule has 1 aliphatic rings. The fraction of sp³-hybridized carbons (Fsp3) is 0.364. The first-order chi connectivity index (χ1) is 14.5. The minimum atomic E-state index is -0.673. The van der Waals surface area contributed by atoms with E-state index in [2.05, 4.69) is 28.2 Å². The lowest BCUT2D eigenvalue weighted by atomic mass is 9.92. The summed E-state index contributed by atoms with van der Waals surface area (Å²) in [6, 6.07) is 3.36. The van der Waals surface area contributed by atoms with Gasteiger partial charge in [0, 0.05) is 36.8 Å². The van der Waals surface area contributed by atoms with Crippen molar-refractivity contribution in [3.05, 3.63) is 53.0 Å². The molecule has 1 aliphatic heterocycles. The van der Waals surface area contributed by atoms with Crippen molar-refractivity contribution in [2.45, 2.75) is 38.4 Å². The first-order valence-electron chi connectivity index (χ1n) is 9.95. The Morgan fingerprint density at radius 1 is 1.43 bits per heavy atom. The van der Waals surface area contributed by atoms with Crippen molar-refractivity contribution < 1.29 is 13.6 Å². The van der Waals surface area contributed by atoms with Gasteiger partial charge in [-0.1, -0.05) is 13.3 Å². The number of aromatic nitrogens is 3. The molecular formula is C22H23F2N5O. The van der Waals surface area contributed by atoms with Gasteiger partial charge in [-0.15, -0.1) is 6.42 Å². The number of hydrogen-bond acceptors (Lipinski definition) is 3. The first kappa shape index (κ1) is 20.1. The largest absolute Gasteiger partial charge is 0.354 e. The second-order valence-corrected chi connectivity index (χ2v) is 7.49. The van der Waals surface area contributed by atoms with Gasteiger partial charge in [-0.25, -0.2) is 8.78 Å². The molecule has 0 saturated heterocycles. The van der Waals surface area contributed by atoms with Crippen molar-refractivity contribution in [2.24, 2.45) is 7.05 Å². The van der Waals surface area contributed by atoms with E-state index in [0.29, 0.717) is 29.7 Å². The lowest BCUT2D eigenvalue weighted by Crippen LogP contribution is -2.54. The number of fused-ring (bicyclic) bond motifs is 3. The summed E-state index contributed by atoms with van der Waals surface area (Å²) in [6.45, 7) is 2.77. The molecule has 0 radical (unpaired) electrons. The molecule has 0 bridgehead atoms. The molecule has 4 rings (SSSR count). The number of H-pyrrole nitrogens is 1. The van der Waals surface area contributed by atoms with E-state index in [4.69, 9.17) is 6.42 Å². The van der Waals surface area contributed by atoms with Crippen LogP contribution >= 0.6 is 0 Å². The molecule has 0 saturated carbocycles. The van der Waals surface area contributed by atoms with Gasteiger partial charge >= 0.3 is 0 Å². The number of nitrogens with zero attached hydrogens (tertiary/aromatic N) is 3. The monoisotopic (exact) mass is 411 g/mol. The quantitative estimate of drug-likeness (QED) is 0.501. The number of aryl methyl sites for hydroxylation is 1. The average molecular weight is 411 g/mol. The molecule has 2 aromatic heterocycles. The number of benzene rings is 1. The van der Waals surface area contributed by atoms with E-state index in [1.807, 2.05) is 0 Å². The lowest BCUT2D eigenvalue weighted by Gasteiger charge is -2.41. The molecular weight excluding hydrogens is 388 g/mol. The summed E-state index contributed by atoms with van der Waals surface area (Å²) in [5, 5.41) is 8.11. The fourth-order valence-electron chi connectivity index (χ4n) is 4.25. The number of hydrogen-bond donors (Lipinski definition) is 2. The van der Waals surface area contributed by atoms with Gasteiger partial charge in [-0.2, -0.15) is 5.10 Å². The topological polar surface area (TPSA) is 66.0 Å². The van der Waals surface area contributed by atoms with Gasteiger partial charge in [0.25, 0.3) is 5.91 Å². The van der Waals surface area contributed by atoms with E-state index in [1.54, 1.807) is 28.9 Å². The Morgan fingerprint density at radius 2 is 2.23 bits per heavy atom. The maximum atomic E-state index is 14.5. The second kappa shape index (κ2) is 7.92. The van der Waals surface area contributed by atoms with Crippen molar-refractivity contribution in [2.75, 3.05) is 6.54 Å². The molecule has 6 nitrogen and oxygen atoms in total. The molecule has 2 N–H and O–H groups in total. The molecule has 1 aromatic carbocycles. The summed E-state index contributed by atoms with van der Waals surface area (Å²) < 4.78 is 30.2. The van der Waals surface area contributed by atoms with E-state index >= 15 is 0 Å². The van der Waals surface area contributed by atoms with Crippen molar-refractivity contribution in [3.63, 3.8) is 0 Å². The fourth-order valence-corrected chi connectivity index (χ4v) is 4.25. The first-order valence-corrected chi connectivity index (χ1v) is 9.95. The van der Waals surface area contributed by atoms with Crippen LogP contribution in [-0.2, 0) is 18.3 Å². The van der Waals surface area contributed by atoms with E-state index in [1.165, 1.54) is 6.07 Å². The van der Waals surface area contributed by atoms with Gasteiger partial charge < -0.3 is 9.88 Å². The molecule has 30 heavy (non-hydrogen) atoms. The molecule has 0 aliphatic carbocycles. The molecule has 1 amide bonds. The summed E-state index contributed by atoms with van der Waals surface area (Å²) in [5.41, 5.74) is 2.32. The van der Waals surface area contributed by atoms with Crippen LogP contribution in [0.15, 0.2) is 24.4 Å². The number of unbranched alkanes of at least 4 members (excludes halogenated alkanes) is 1. The van der Waals surface area contributed by atoms with Crippen LogP contribution in [0.3, 0.4) is 0 Å². The molecule has 156 valence electrons. The Labute approximate surface area is 173 Å². The van der Waals surface area contributed by atoms with Crippen LogP contribution in [0.1, 0.15) is 42.8 Å². The number of aromatic amines is 1. The SMILES string of the molecule is C#CC(=O)N1[C@@H](c2ccnn2C)c2[nH]c3c(F)cc(F)cc3c2C[C@@H]1NCCCC. The maximum Gasteiger partial charge on any atom is 0.300 e. The molecule has 8 heteroatoms. The number of terminal acetylenes is 1. The third-order valence-corrected chi connectivity index (χ3v) is 5.66. The summed E-state index contributed by atoms with van der Waals surface area (Å²) in [6.07, 6.45) is 9.01. The highest BCUT2D eigenvalue weighted by molar-refractivity contribution is 5.94. The highest BCUT2D eigenvalue weighted by Crippen LogP contribution is 2.40. The maximum absolute atomic E-state index is 14.5. The van der Waals surface area contributed by atoms with E-state index in [9.17, 15) is 13.6 Å². The average Bonchev–Trinajstić information content (AvgIpc) is 3.30. The zero-order valence-corrected chi connectivity index (χ0v) is 16.9. The molecule has 0 unspecified atom stereocenters. The van der Waals surface area contributed by atoms with Gasteiger partial charge in [0.15, 0.2) is 0 Å². The minimum Gasteiger partial charge on any atom is -0.354 e. The lowest BCUT2D eigenvalue weighted by molar-refractivity contribution is -0.130. The van der Waals surface area contributed by atoms with Crippen molar-refractivity contribution in [1.29, 1.82) is 0 Å². The normalized spacial score (nSPS) is 18.4. The van der Waals surface area contributed by atoms with Gasteiger partial charge in [-0.3, -0.25) is 14.8 Å². The summed E-state index contributed by atoms with van der Waals surface area (Å²) in [5.74, 6) is 0.426. The Kier molecular flexibility index (Phi) is 5.31. The third-order valence-electron chi connectivity index (χ3n) is 5.66. The highest BCUT2D eigenvalue weighted by Gasteiger charge is 2.41. The number of rotatable bonds is 5. The number of amides is 1. The Balaban J connectivity index is 1.94. The van der Waals surface area contributed by atoms with Gasteiger partial charge in [0.05, 0.1) is 17.4 Å². The highest BCUT2D eigenvalue weighted by atomic mass is 19.1. The van der Waals surface area contributed by atoms with Gasteiger partial charge in [0.2, 0.25) is 0 Å². The summed E-state index contributed by atoms with van der Waals surface area (Å²) >= 11 is 0. The van der Waals surface area contributed by atoms with E-state index < -0.39 is 29.7 Å². The standard InChI is InChI=1S/C22H23F2N5O/c1-4-6-8-25-18-12-15-14-10-13(23)11-16(24)20(14)27-21(15)22(29(18)19(30)5-2)17-7-9-26-28(17)3/h2,7,9-11,18,22,25,27H,4,6,8,12H2,1,3H3/t18-,22+/m1/s1. The Hall–Kier alpha value is -3.18. The summed E-state index contributed by atoms with van der Waals surface area (Å²) in [4.78, 5) is 17.5. The molecule has 2 atom stereocenters. The smallest absolute Gasteiger partial charge is 0.300 e. The predicted octanol–water partition coefficient (Wildman–Crippen LogP) is 3.00.